The maximum atomic E-state index is 14.7. The van der Waals surface area contributed by atoms with Gasteiger partial charge in [0.1, 0.15) is 5.82 Å². The van der Waals surface area contributed by atoms with Crippen LogP contribution in [0.25, 0.3) is 0 Å². The topological polar surface area (TPSA) is 51.1 Å². The van der Waals surface area contributed by atoms with Crippen LogP contribution in [0.1, 0.15) is 28.9 Å². The first kappa shape index (κ1) is 17.5. The number of ketones is 1. The molecule has 0 aliphatic carbocycles. The van der Waals surface area contributed by atoms with Crippen molar-refractivity contribution in [2.45, 2.75) is 25.8 Å². The third kappa shape index (κ3) is 3.16. The largest absolute Gasteiger partial charge is 0.350 e. The standard InChI is InChI=1S/C18H15BrF2N2O2/c1-2-4-14(24)15-13-5-3-8-23(13)18(25)16(21)17(15)22-12-7-6-10(19)9-11(12)20/h2,6-7,9,22H,1,3-5,8H2. The molecule has 2 aromatic rings. The van der Waals surface area contributed by atoms with Crippen LogP contribution in [0.3, 0.4) is 0 Å². The lowest BCUT2D eigenvalue weighted by Gasteiger charge is -2.17. The number of Topliss-reactive ketones (excluding diaryl/α,β-unsaturated/α-hetero) is 1. The Labute approximate surface area is 151 Å². The van der Waals surface area contributed by atoms with Gasteiger partial charge in [-0.15, -0.1) is 6.58 Å². The lowest BCUT2D eigenvalue weighted by Crippen LogP contribution is -2.27. The van der Waals surface area contributed by atoms with E-state index in [-0.39, 0.29) is 29.1 Å². The first-order valence-corrected chi connectivity index (χ1v) is 8.54. The molecule has 2 heterocycles. The molecule has 0 amide bonds. The van der Waals surface area contributed by atoms with Gasteiger partial charge in [-0.05, 0) is 31.0 Å². The molecule has 1 aliphatic rings. The van der Waals surface area contributed by atoms with E-state index in [1.807, 2.05) is 0 Å². The van der Waals surface area contributed by atoms with E-state index in [1.54, 1.807) is 6.07 Å². The van der Waals surface area contributed by atoms with Crippen LogP contribution < -0.4 is 10.9 Å². The predicted octanol–water partition coefficient (Wildman–Crippen LogP) is 4.34. The number of pyridine rings is 1. The van der Waals surface area contributed by atoms with E-state index < -0.39 is 17.2 Å². The number of nitrogens with zero attached hydrogens (tertiary/aromatic N) is 1. The molecule has 0 fully saturated rings. The number of aromatic nitrogens is 1. The third-order valence-electron chi connectivity index (χ3n) is 4.11. The number of carbonyl (C=O) groups excluding carboxylic acids is 1. The summed E-state index contributed by atoms with van der Waals surface area (Å²) in [5.74, 6) is -2.07. The first-order chi connectivity index (χ1) is 11.9. The number of hydrogen-bond acceptors (Lipinski definition) is 3. The molecule has 3 rings (SSSR count). The molecule has 7 heteroatoms. The zero-order chi connectivity index (χ0) is 18.1. The Balaban J connectivity index is 2.20. The van der Waals surface area contributed by atoms with Gasteiger partial charge < -0.3 is 9.88 Å². The summed E-state index contributed by atoms with van der Waals surface area (Å²) >= 11 is 3.15. The highest BCUT2D eigenvalue weighted by Gasteiger charge is 2.28. The number of nitrogens with one attached hydrogen (secondary N) is 1. The lowest BCUT2D eigenvalue weighted by atomic mass is 10.0. The van der Waals surface area contributed by atoms with Crippen molar-refractivity contribution in [3.05, 3.63) is 68.6 Å². The van der Waals surface area contributed by atoms with Crippen molar-refractivity contribution in [3.63, 3.8) is 0 Å². The smallest absolute Gasteiger partial charge is 0.289 e. The van der Waals surface area contributed by atoms with Crippen LogP contribution in [0.5, 0.6) is 0 Å². The minimum Gasteiger partial charge on any atom is -0.350 e. The number of hydrogen-bond donors (Lipinski definition) is 1. The van der Waals surface area contributed by atoms with Gasteiger partial charge in [0, 0.05) is 23.1 Å². The quantitative estimate of drug-likeness (QED) is 0.591. The van der Waals surface area contributed by atoms with Crippen molar-refractivity contribution in [2.24, 2.45) is 0 Å². The Bertz CT molecular complexity index is 938. The van der Waals surface area contributed by atoms with E-state index in [0.29, 0.717) is 29.6 Å². The van der Waals surface area contributed by atoms with Crippen molar-refractivity contribution in [2.75, 3.05) is 5.32 Å². The SMILES string of the molecule is C=CCC(=O)c1c(Nc2ccc(Br)cc2F)c(F)c(=O)n2c1CCC2. The zero-order valence-electron chi connectivity index (χ0n) is 13.2. The van der Waals surface area contributed by atoms with Crippen LogP contribution in [0, 0.1) is 11.6 Å². The third-order valence-corrected chi connectivity index (χ3v) is 4.60. The first-order valence-electron chi connectivity index (χ1n) is 7.75. The summed E-state index contributed by atoms with van der Waals surface area (Å²) in [6, 6.07) is 4.20. The van der Waals surface area contributed by atoms with Crippen LogP contribution in [0.2, 0.25) is 0 Å². The molecule has 0 spiro atoms. The maximum absolute atomic E-state index is 14.7. The summed E-state index contributed by atoms with van der Waals surface area (Å²) in [5, 5.41) is 2.61. The van der Waals surface area contributed by atoms with Gasteiger partial charge in [-0.2, -0.15) is 4.39 Å². The van der Waals surface area contributed by atoms with Crippen molar-refractivity contribution in [1.82, 2.24) is 4.57 Å². The second-order valence-corrected chi connectivity index (χ2v) is 6.65. The number of allylic oxidation sites excluding steroid dienone is 1. The van der Waals surface area contributed by atoms with Crippen molar-refractivity contribution in [1.29, 1.82) is 0 Å². The fraction of sp³-hybridized carbons (Fsp3) is 0.222. The van der Waals surface area contributed by atoms with Crippen LogP contribution in [-0.4, -0.2) is 10.4 Å². The van der Waals surface area contributed by atoms with Crippen LogP contribution in [0.15, 0.2) is 40.1 Å². The molecule has 130 valence electrons. The van der Waals surface area contributed by atoms with Crippen molar-refractivity contribution in [3.8, 4) is 0 Å². The number of fused-ring (bicyclic) bond motifs is 1. The normalized spacial score (nSPS) is 12.8. The fourth-order valence-corrected chi connectivity index (χ4v) is 3.35. The average molecular weight is 409 g/mol. The summed E-state index contributed by atoms with van der Waals surface area (Å²) in [4.78, 5) is 24.8. The van der Waals surface area contributed by atoms with Crippen LogP contribution in [0.4, 0.5) is 20.2 Å². The second kappa shape index (κ2) is 6.92. The summed E-state index contributed by atoms with van der Waals surface area (Å²) in [6.45, 7) is 3.90. The zero-order valence-corrected chi connectivity index (χ0v) is 14.8. The number of anilines is 2. The summed E-state index contributed by atoms with van der Waals surface area (Å²) in [6.07, 6.45) is 2.56. The van der Waals surface area contributed by atoms with E-state index >= 15 is 0 Å². The summed E-state index contributed by atoms with van der Waals surface area (Å²) in [5.41, 5.74) is -0.513. The monoisotopic (exact) mass is 408 g/mol. The maximum Gasteiger partial charge on any atom is 0.289 e. The fourth-order valence-electron chi connectivity index (χ4n) is 3.01. The van der Waals surface area contributed by atoms with Gasteiger partial charge in [0.15, 0.2) is 5.78 Å². The Morgan fingerprint density at radius 2 is 2.16 bits per heavy atom. The van der Waals surface area contributed by atoms with Gasteiger partial charge >= 0.3 is 0 Å². The Kier molecular flexibility index (Phi) is 4.85. The molecular formula is C18H15BrF2N2O2. The molecule has 1 aromatic heterocycles. The predicted molar refractivity (Wildman–Crippen MR) is 95.5 cm³/mol. The molecule has 4 nitrogen and oxygen atoms in total. The summed E-state index contributed by atoms with van der Waals surface area (Å²) < 4.78 is 30.6. The van der Waals surface area contributed by atoms with Crippen LogP contribution >= 0.6 is 15.9 Å². The molecule has 1 aromatic carbocycles. The number of halogens is 3. The van der Waals surface area contributed by atoms with E-state index in [2.05, 4.69) is 27.8 Å². The Morgan fingerprint density at radius 3 is 2.84 bits per heavy atom. The van der Waals surface area contributed by atoms with Gasteiger partial charge in [0.25, 0.3) is 5.56 Å². The van der Waals surface area contributed by atoms with Gasteiger partial charge in [0.05, 0.1) is 16.9 Å². The number of rotatable bonds is 5. The lowest BCUT2D eigenvalue weighted by molar-refractivity contribution is 0.0994. The van der Waals surface area contributed by atoms with E-state index in [1.165, 1.54) is 22.8 Å². The minimum atomic E-state index is -1.08. The minimum absolute atomic E-state index is 0.00213. The van der Waals surface area contributed by atoms with Gasteiger partial charge in [-0.25, -0.2) is 4.39 Å². The molecule has 25 heavy (non-hydrogen) atoms. The van der Waals surface area contributed by atoms with Gasteiger partial charge in [0.2, 0.25) is 5.82 Å². The molecule has 0 saturated heterocycles. The molecule has 0 bridgehead atoms. The molecule has 1 N–H and O–H groups in total. The van der Waals surface area contributed by atoms with E-state index in [9.17, 15) is 18.4 Å². The Morgan fingerprint density at radius 1 is 1.40 bits per heavy atom. The van der Waals surface area contributed by atoms with Crippen LogP contribution in [-0.2, 0) is 13.0 Å². The highest BCUT2D eigenvalue weighted by atomic mass is 79.9. The van der Waals surface area contributed by atoms with E-state index in [0.717, 1.165) is 0 Å². The summed E-state index contributed by atoms with van der Waals surface area (Å²) in [7, 11) is 0. The number of carbonyl (C=O) groups is 1. The highest BCUT2D eigenvalue weighted by Crippen LogP contribution is 2.31. The molecule has 0 atom stereocenters. The molecule has 0 saturated carbocycles. The molecule has 0 unspecified atom stereocenters. The van der Waals surface area contributed by atoms with E-state index in [4.69, 9.17) is 0 Å². The highest BCUT2D eigenvalue weighted by molar-refractivity contribution is 9.10. The van der Waals surface area contributed by atoms with Crippen molar-refractivity contribution < 1.29 is 13.6 Å². The molecule has 0 radical (unpaired) electrons. The number of benzene rings is 1. The van der Waals surface area contributed by atoms with Crippen molar-refractivity contribution >= 4 is 33.1 Å². The average Bonchev–Trinajstić information content (AvgIpc) is 3.04. The second-order valence-electron chi connectivity index (χ2n) is 5.74. The Hall–Kier alpha value is -2.28. The molecule has 1 aliphatic heterocycles. The molecular weight excluding hydrogens is 394 g/mol. The van der Waals surface area contributed by atoms with Gasteiger partial charge in [-0.1, -0.05) is 22.0 Å². The van der Waals surface area contributed by atoms with Gasteiger partial charge in [-0.3, -0.25) is 9.59 Å².